The van der Waals surface area contributed by atoms with Gasteiger partial charge in [-0.3, -0.25) is 0 Å². The molecule has 0 atom stereocenters. The van der Waals surface area contributed by atoms with Crippen LogP contribution < -0.4 is 0 Å². The van der Waals surface area contributed by atoms with E-state index in [2.05, 4.69) is 0 Å². The summed E-state index contributed by atoms with van der Waals surface area (Å²) < 4.78 is 10.5. The Morgan fingerprint density at radius 1 is 1.38 bits per heavy atom. The van der Waals surface area contributed by atoms with Gasteiger partial charge >= 0.3 is 5.97 Å². The van der Waals surface area contributed by atoms with E-state index in [1.54, 1.807) is 12.2 Å². The van der Waals surface area contributed by atoms with Crippen molar-refractivity contribution in [2.75, 3.05) is 0 Å². The Kier molecular flexibility index (Phi) is 2.95. The maximum atomic E-state index is 11.5. The minimum absolute atomic E-state index is 0.294. The molecule has 84 valence electrons. The van der Waals surface area contributed by atoms with E-state index < -0.39 is 0 Å². The summed E-state index contributed by atoms with van der Waals surface area (Å²) in [6.07, 6.45) is 5.24. The second-order valence-electron chi connectivity index (χ2n) is 3.80. The topological polar surface area (TPSA) is 39.4 Å². The minimum Gasteiger partial charge on any atom is -0.462 e. The van der Waals surface area contributed by atoms with Gasteiger partial charge in [-0.1, -0.05) is 6.92 Å². The van der Waals surface area contributed by atoms with Crippen LogP contribution in [-0.2, 0) is 9.53 Å². The van der Waals surface area contributed by atoms with Crippen LogP contribution >= 0.6 is 0 Å². The van der Waals surface area contributed by atoms with E-state index in [0.29, 0.717) is 11.3 Å². The molecule has 2 heterocycles. The highest BCUT2D eigenvalue weighted by molar-refractivity contribution is 5.99. The highest BCUT2D eigenvalue weighted by atomic mass is 16.5. The largest absolute Gasteiger partial charge is 0.462 e. The SMILES string of the molecule is CCCC1=C/C(=C\c2ccc(C)o2)C(=O)O1. The lowest BCUT2D eigenvalue weighted by molar-refractivity contribution is -0.133. The van der Waals surface area contributed by atoms with Crippen molar-refractivity contribution in [1.29, 1.82) is 0 Å². The van der Waals surface area contributed by atoms with Crippen LogP contribution in [0.1, 0.15) is 31.3 Å². The van der Waals surface area contributed by atoms with Crippen LogP contribution in [0.4, 0.5) is 0 Å². The normalized spacial score (nSPS) is 17.8. The summed E-state index contributed by atoms with van der Waals surface area (Å²) in [5.74, 6) is 1.95. The van der Waals surface area contributed by atoms with Crippen molar-refractivity contribution in [2.45, 2.75) is 26.7 Å². The van der Waals surface area contributed by atoms with Crippen molar-refractivity contribution in [2.24, 2.45) is 0 Å². The predicted molar refractivity (Wildman–Crippen MR) is 60.5 cm³/mol. The number of allylic oxidation sites excluding steroid dienone is 1. The summed E-state index contributed by atoms with van der Waals surface area (Å²) >= 11 is 0. The van der Waals surface area contributed by atoms with Crippen LogP contribution in [0.2, 0.25) is 0 Å². The molecule has 0 saturated heterocycles. The summed E-state index contributed by atoms with van der Waals surface area (Å²) in [5.41, 5.74) is 0.554. The molecule has 1 aromatic rings. The summed E-state index contributed by atoms with van der Waals surface area (Å²) in [6.45, 7) is 3.92. The lowest BCUT2D eigenvalue weighted by Gasteiger charge is -1.96. The molecule has 3 nitrogen and oxygen atoms in total. The Morgan fingerprint density at radius 2 is 2.19 bits per heavy atom. The van der Waals surface area contributed by atoms with Gasteiger partial charge in [0.15, 0.2) is 0 Å². The third-order valence-corrected chi connectivity index (χ3v) is 2.33. The number of ether oxygens (including phenoxy) is 1. The Balaban J connectivity index is 2.21. The molecule has 0 bridgehead atoms. The average Bonchev–Trinajstić information content (AvgIpc) is 2.76. The molecule has 0 saturated carbocycles. The smallest absolute Gasteiger partial charge is 0.343 e. The van der Waals surface area contributed by atoms with Gasteiger partial charge in [-0.2, -0.15) is 0 Å². The molecule has 0 radical (unpaired) electrons. The quantitative estimate of drug-likeness (QED) is 0.577. The first-order valence-electron chi connectivity index (χ1n) is 5.40. The maximum absolute atomic E-state index is 11.5. The van der Waals surface area contributed by atoms with Crippen LogP contribution in [0, 0.1) is 6.92 Å². The Morgan fingerprint density at radius 3 is 2.81 bits per heavy atom. The summed E-state index contributed by atoms with van der Waals surface area (Å²) in [4.78, 5) is 11.5. The van der Waals surface area contributed by atoms with Crippen molar-refractivity contribution in [3.63, 3.8) is 0 Å². The third-order valence-electron chi connectivity index (χ3n) is 2.33. The first kappa shape index (κ1) is 10.7. The molecule has 16 heavy (non-hydrogen) atoms. The number of furan rings is 1. The number of carbonyl (C=O) groups excluding carboxylic acids is 1. The molecule has 0 N–H and O–H groups in total. The van der Waals surface area contributed by atoms with Gasteiger partial charge in [-0.05, 0) is 37.6 Å². The summed E-state index contributed by atoms with van der Waals surface area (Å²) in [7, 11) is 0. The molecule has 3 heteroatoms. The number of esters is 1. The first-order chi connectivity index (χ1) is 7.69. The molecule has 0 amide bonds. The summed E-state index contributed by atoms with van der Waals surface area (Å²) in [5, 5.41) is 0. The van der Waals surface area contributed by atoms with E-state index in [1.165, 1.54) is 0 Å². The molecule has 2 rings (SSSR count). The number of rotatable bonds is 3. The van der Waals surface area contributed by atoms with Gasteiger partial charge in [0.05, 0.1) is 5.57 Å². The molecule has 1 aromatic heterocycles. The lowest BCUT2D eigenvalue weighted by atomic mass is 10.2. The zero-order valence-corrected chi connectivity index (χ0v) is 9.45. The molecular formula is C13H14O3. The van der Waals surface area contributed by atoms with Crippen LogP contribution in [0.3, 0.4) is 0 Å². The fraction of sp³-hybridized carbons (Fsp3) is 0.308. The van der Waals surface area contributed by atoms with Crippen LogP contribution in [0.25, 0.3) is 6.08 Å². The average molecular weight is 218 g/mol. The second kappa shape index (κ2) is 4.39. The minimum atomic E-state index is -0.294. The predicted octanol–water partition coefficient (Wildman–Crippen LogP) is 3.21. The maximum Gasteiger partial charge on any atom is 0.343 e. The lowest BCUT2D eigenvalue weighted by Crippen LogP contribution is -1.96. The van der Waals surface area contributed by atoms with Crippen molar-refractivity contribution in [3.05, 3.63) is 41.1 Å². The molecule has 0 aromatic carbocycles. The van der Waals surface area contributed by atoms with Gasteiger partial charge in [-0.15, -0.1) is 0 Å². The Bertz CT molecular complexity index is 463. The standard InChI is InChI=1S/C13H14O3/c1-3-4-11-7-10(13(14)16-11)8-12-6-5-9(2)15-12/h5-8H,3-4H2,1-2H3/b10-8+. The zero-order chi connectivity index (χ0) is 11.5. The van der Waals surface area contributed by atoms with Crippen molar-refractivity contribution in [3.8, 4) is 0 Å². The van der Waals surface area contributed by atoms with Gasteiger partial charge in [0.2, 0.25) is 0 Å². The summed E-state index contributed by atoms with van der Waals surface area (Å²) in [6, 6.07) is 3.70. The number of hydrogen-bond acceptors (Lipinski definition) is 3. The van der Waals surface area contributed by atoms with Crippen molar-refractivity contribution < 1.29 is 13.9 Å². The van der Waals surface area contributed by atoms with Gasteiger partial charge in [0.25, 0.3) is 0 Å². The highest BCUT2D eigenvalue weighted by Gasteiger charge is 2.20. The van der Waals surface area contributed by atoms with E-state index in [4.69, 9.17) is 9.15 Å². The monoisotopic (exact) mass is 218 g/mol. The Labute approximate surface area is 94.4 Å². The van der Waals surface area contributed by atoms with Crippen LogP contribution in [-0.4, -0.2) is 5.97 Å². The molecule has 0 unspecified atom stereocenters. The Hall–Kier alpha value is -1.77. The number of aryl methyl sites for hydroxylation is 1. The van der Waals surface area contributed by atoms with Gasteiger partial charge in [0.1, 0.15) is 17.3 Å². The fourth-order valence-electron chi connectivity index (χ4n) is 1.59. The van der Waals surface area contributed by atoms with E-state index in [0.717, 1.165) is 24.4 Å². The molecule has 0 spiro atoms. The first-order valence-corrected chi connectivity index (χ1v) is 5.40. The van der Waals surface area contributed by atoms with E-state index in [-0.39, 0.29) is 5.97 Å². The number of cyclic esters (lactones) is 1. The third kappa shape index (κ3) is 2.24. The number of hydrogen-bond donors (Lipinski definition) is 0. The van der Waals surface area contributed by atoms with E-state index >= 15 is 0 Å². The highest BCUT2D eigenvalue weighted by Crippen LogP contribution is 2.23. The van der Waals surface area contributed by atoms with Crippen molar-refractivity contribution in [1.82, 2.24) is 0 Å². The van der Waals surface area contributed by atoms with Gasteiger partial charge < -0.3 is 9.15 Å². The van der Waals surface area contributed by atoms with Crippen molar-refractivity contribution >= 4 is 12.0 Å². The molecule has 1 aliphatic rings. The van der Waals surface area contributed by atoms with Crippen LogP contribution in [0.5, 0.6) is 0 Å². The van der Waals surface area contributed by atoms with Crippen LogP contribution in [0.15, 0.2) is 34.0 Å². The molecule has 1 aliphatic heterocycles. The fourth-order valence-corrected chi connectivity index (χ4v) is 1.59. The van der Waals surface area contributed by atoms with E-state index in [9.17, 15) is 4.79 Å². The molecule has 0 fully saturated rings. The number of carbonyl (C=O) groups is 1. The second-order valence-corrected chi connectivity index (χ2v) is 3.80. The van der Waals surface area contributed by atoms with E-state index in [1.807, 2.05) is 26.0 Å². The molecular weight excluding hydrogens is 204 g/mol. The van der Waals surface area contributed by atoms with Gasteiger partial charge in [0, 0.05) is 6.42 Å². The zero-order valence-electron chi connectivity index (χ0n) is 9.45. The van der Waals surface area contributed by atoms with Gasteiger partial charge in [-0.25, -0.2) is 4.79 Å². The molecule has 0 aliphatic carbocycles.